The number of nitrogens with zero attached hydrogens (tertiary/aromatic N) is 3. The van der Waals surface area contributed by atoms with E-state index in [4.69, 9.17) is 5.21 Å². The maximum atomic E-state index is 12.6. The number of ketones is 1. The Morgan fingerprint density at radius 3 is 2.16 bits per heavy atom. The number of carbonyl (C=O) groups excluding carboxylic acids is 2. The van der Waals surface area contributed by atoms with Crippen molar-refractivity contribution in [1.82, 2.24) is 15.4 Å². The monoisotopic (exact) mass is 420 g/mol. The number of hydrogen-bond acceptors (Lipinski definition) is 6. The number of hydrogen-bond donors (Lipinski definition) is 2. The molecule has 31 heavy (non-hydrogen) atoms. The molecule has 1 aliphatic rings. The third kappa shape index (κ3) is 5.87. The maximum Gasteiger partial charge on any atom is 0.267 e. The number of benzene rings is 1. The first-order valence-corrected chi connectivity index (χ1v) is 10.3. The van der Waals surface area contributed by atoms with E-state index in [9.17, 15) is 9.59 Å². The highest BCUT2D eigenvalue weighted by molar-refractivity contribution is 6.06. The first-order chi connectivity index (χ1) is 14.9. The molecule has 2 heterocycles. The van der Waals surface area contributed by atoms with Gasteiger partial charge in [-0.3, -0.25) is 19.7 Å². The van der Waals surface area contributed by atoms with Crippen LogP contribution in [0.2, 0.25) is 0 Å². The summed E-state index contributed by atoms with van der Waals surface area (Å²) in [7, 11) is 2.16. The van der Waals surface area contributed by atoms with Crippen LogP contribution in [0.3, 0.4) is 0 Å². The Morgan fingerprint density at radius 1 is 1.00 bits per heavy atom. The number of rotatable bonds is 6. The van der Waals surface area contributed by atoms with E-state index in [-0.39, 0.29) is 5.78 Å². The van der Waals surface area contributed by atoms with Crippen LogP contribution in [-0.2, 0) is 4.79 Å². The fourth-order valence-electron chi connectivity index (χ4n) is 3.56. The quantitative estimate of drug-likeness (QED) is 0.323. The molecule has 0 saturated carbocycles. The van der Waals surface area contributed by atoms with Gasteiger partial charge in [-0.1, -0.05) is 6.07 Å². The van der Waals surface area contributed by atoms with E-state index in [1.165, 1.54) is 23.7 Å². The molecule has 7 heteroatoms. The Morgan fingerprint density at radius 2 is 1.58 bits per heavy atom. The van der Waals surface area contributed by atoms with Crippen LogP contribution in [0.4, 0.5) is 5.69 Å². The molecule has 162 valence electrons. The lowest BCUT2D eigenvalue weighted by molar-refractivity contribution is -0.124. The SMILES string of the molecule is C[C@@H]1CN(c2ccc(C(=O)C=Cc3cccc(C=CC(=O)NO)n3)cc2)C[C@H](C)N1C. The van der Waals surface area contributed by atoms with Crippen LogP contribution in [0.1, 0.15) is 35.6 Å². The molecule has 2 aromatic rings. The van der Waals surface area contributed by atoms with Crippen molar-refractivity contribution in [2.75, 3.05) is 25.0 Å². The third-order valence-corrected chi connectivity index (χ3v) is 5.59. The van der Waals surface area contributed by atoms with Crippen LogP contribution in [0.5, 0.6) is 0 Å². The van der Waals surface area contributed by atoms with E-state index in [0.29, 0.717) is 29.0 Å². The summed E-state index contributed by atoms with van der Waals surface area (Å²) in [4.78, 5) is 32.7. The molecule has 0 aliphatic carbocycles. The minimum absolute atomic E-state index is 0.103. The van der Waals surface area contributed by atoms with Gasteiger partial charge in [0.2, 0.25) is 0 Å². The van der Waals surface area contributed by atoms with E-state index in [1.54, 1.807) is 24.3 Å². The Labute approximate surface area is 182 Å². The van der Waals surface area contributed by atoms with Crippen molar-refractivity contribution in [3.8, 4) is 0 Å². The molecule has 7 nitrogen and oxygen atoms in total. The topological polar surface area (TPSA) is 85.8 Å². The Kier molecular flexibility index (Phi) is 7.33. The zero-order valence-electron chi connectivity index (χ0n) is 18.0. The van der Waals surface area contributed by atoms with Crippen molar-refractivity contribution in [2.24, 2.45) is 0 Å². The van der Waals surface area contributed by atoms with Crippen molar-refractivity contribution < 1.29 is 14.8 Å². The number of anilines is 1. The largest absolute Gasteiger partial charge is 0.368 e. The van der Waals surface area contributed by atoms with Gasteiger partial charge in [0.15, 0.2) is 5.78 Å². The molecule has 0 unspecified atom stereocenters. The summed E-state index contributed by atoms with van der Waals surface area (Å²) >= 11 is 0. The molecule has 2 N–H and O–H groups in total. The molecule has 3 rings (SSSR count). The summed E-state index contributed by atoms with van der Waals surface area (Å²) < 4.78 is 0. The van der Waals surface area contributed by atoms with Gasteiger partial charge in [-0.05, 0) is 75.5 Å². The number of amides is 1. The highest BCUT2D eigenvalue weighted by Crippen LogP contribution is 2.22. The van der Waals surface area contributed by atoms with Crippen molar-refractivity contribution in [1.29, 1.82) is 0 Å². The fourth-order valence-corrected chi connectivity index (χ4v) is 3.56. The lowest BCUT2D eigenvalue weighted by Gasteiger charge is -2.43. The molecule has 1 aliphatic heterocycles. The number of piperazine rings is 1. The Bertz CT molecular complexity index is 973. The summed E-state index contributed by atoms with van der Waals surface area (Å²) in [5.41, 5.74) is 4.40. The van der Waals surface area contributed by atoms with E-state index in [2.05, 4.69) is 35.7 Å². The second-order valence-electron chi connectivity index (χ2n) is 7.81. The number of hydroxylamine groups is 1. The number of pyridine rings is 1. The summed E-state index contributed by atoms with van der Waals surface area (Å²) in [6.45, 7) is 6.38. The molecule has 1 aromatic heterocycles. The van der Waals surface area contributed by atoms with E-state index in [1.807, 2.05) is 24.3 Å². The smallest absolute Gasteiger partial charge is 0.267 e. The molecule has 2 atom stereocenters. The number of aromatic nitrogens is 1. The van der Waals surface area contributed by atoms with Crippen molar-refractivity contribution in [3.05, 3.63) is 71.6 Å². The average Bonchev–Trinajstić information content (AvgIpc) is 2.79. The minimum atomic E-state index is -0.637. The first kappa shape index (κ1) is 22.4. The normalized spacial score (nSPS) is 19.8. The van der Waals surface area contributed by atoms with E-state index in [0.717, 1.165) is 18.8 Å². The van der Waals surface area contributed by atoms with Gasteiger partial charge in [-0.15, -0.1) is 0 Å². The summed E-state index contributed by atoms with van der Waals surface area (Å²) in [5.74, 6) is -0.740. The van der Waals surface area contributed by atoms with Gasteiger partial charge in [-0.2, -0.15) is 0 Å². The van der Waals surface area contributed by atoms with Gasteiger partial charge in [0.05, 0.1) is 11.4 Å². The summed E-state index contributed by atoms with van der Waals surface area (Å²) in [6.07, 6.45) is 5.78. The van der Waals surface area contributed by atoms with Crippen LogP contribution >= 0.6 is 0 Å². The molecule has 1 fully saturated rings. The highest BCUT2D eigenvalue weighted by Gasteiger charge is 2.26. The molecule has 1 aromatic carbocycles. The minimum Gasteiger partial charge on any atom is -0.368 e. The predicted molar refractivity (Wildman–Crippen MR) is 122 cm³/mol. The summed E-state index contributed by atoms with van der Waals surface area (Å²) in [5, 5.41) is 8.52. The fraction of sp³-hybridized carbons (Fsp3) is 0.292. The van der Waals surface area contributed by atoms with Crippen LogP contribution in [0.25, 0.3) is 12.2 Å². The highest BCUT2D eigenvalue weighted by atomic mass is 16.5. The molecule has 1 amide bonds. The third-order valence-electron chi connectivity index (χ3n) is 5.59. The van der Waals surface area contributed by atoms with Crippen LogP contribution < -0.4 is 10.4 Å². The van der Waals surface area contributed by atoms with E-state index >= 15 is 0 Å². The number of carbonyl (C=O) groups is 2. The molecule has 1 saturated heterocycles. The molecular weight excluding hydrogens is 392 g/mol. The number of allylic oxidation sites excluding steroid dienone is 1. The van der Waals surface area contributed by atoms with Gasteiger partial charge < -0.3 is 4.90 Å². The van der Waals surface area contributed by atoms with Gasteiger partial charge in [-0.25, -0.2) is 10.5 Å². The molecule has 0 radical (unpaired) electrons. The lowest BCUT2D eigenvalue weighted by Crippen LogP contribution is -2.55. The van der Waals surface area contributed by atoms with Crippen LogP contribution in [0, 0.1) is 0 Å². The van der Waals surface area contributed by atoms with Gasteiger partial charge in [0, 0.05) is 42.5 Å². The predicted octanol–water partition coefficient (Wildman–Crippen LogP) is 3.03. The van der Waals surface area contributed by atoms with Crippen molar-refractivity contribution >= 4 is 29.5 Å². The maximum absolute atomic E-state index is 12.6. The zero-order valence-corrected chi connectivity index (χ0v) is 18.0. The number of likely N-dealkylation sites (N-methyl/N-ethyl adjacent to an activating group) is 1. The summed E-state index contributed by atoms with van der Waals surface area (Å²) in [6, 6.07) is 13.9. The van der Waals surface area contributed by atoms with Crippen LogP contribution in [0.15, 0.2) is 54.6 Å². The Hall–Kier alpha value is -3.29. The zero-order chi connectivity index (χ0) is 22.4. The number of nitrogens with one attached hydrogen (secondary N) is 1. The van der Waals surface area contributed by atoms with Gasteiger partial charge in [0.1, 0.15) is 0 Å². The van der Waals surface area contributed by atoms with Gasteiger partial charge >= 0.3 is 0 Å². The van der Waals surface area contributed by atoms with E-state index < -0.39 is 5.91 Å². The Balaban J connectivity index is 1.65. The second kappa shape index (κ2) is 10.1. The molecule has 0 bridgehead atoms. The average molecular weight is 421 g/mol. The van der Waals surface area contributed by atoms with Crippen molar-refractivity contribution in [3.63, 3.8) is 0 Å². The van der Waals surface area contributed by atoms with Gasteiger partial charge in [0.25, 0.3) is 5.91 Å². The molecular formula is C24H28N4O3. The molecule has 0 spiro atoms. The lowest BCUT2D eigenvalue weighted by atomic mass is 10.1. The van der Waals surface area contributed by atoms with Crippen molar-refractivity contribution in [2.45, 2.75) is 25.9 Å². The van der Waals surface area contributed by atoms with Crippen LogP contribution in [-0.4, -0.2) is 59.0 Å². The second-order valence-corrected chi connectivity index (χ2v) is 7.81. The standard InChI is InChI=1S/C24H28N4O3/c1-17-15-28(16-18(2)27(17)3)22-11-7-19(8-12-22)23(29)13-9-20-5-4-6-21(25-20)10-14-24(30)26-31/h4-14,17-18,31H,15-16H2,1-3H3,(H,26,30)/t17-,18+. The first-order valence-electron chi connectivity index (χ1n) is 10.3.